The smallest absolute Gasteiger partial charge is 0.169 e. The number of hydrogen-bond donors (Lipinski definition) is 0. The molecule has 1 aliphatic rings. The van der Waals surface area contributed by atoms with Crippen LogP contribution in [0.1, 0.15) is 17.2 Å². The summed E-state index contributed by atoms with van der Waals surface area (Å²) < 4.78 is 16.4. The van der Waals surface area contributed by atoms with Gasteiger partial charge >= 0.3 is 0 Å². The number of rotatable bonds is 5. The summed E-state index contributed by atoms with van der Waals surface area (Å²) in [5, 5.41) is 0. The van der Waals surface area contributed by atoms with Crippen LogP contribution in [0, 0.1) is 6.92 Å². The van der Waals surface area contributed by atoms with Crippen LogP contribution in [0.25, 0.3) is 0 Å². The Morgan fingerprint density at radius 1 is 1.32 bits per heavy atom. The van der Waals surface area contributed by atoms with Gasteiger partial charge in [-0.05, 0) is 18.1 Å². The van der Waals surface area contributed by atoms with Crippen LogP contribution in [0.4, 0.5) is 0 Å². The molecule has 0 saturated carbocycles. The SMILES string of the molecule is COC(CN1CCO[C@H](c2ccccc2C)C1)OC. The molecular formula is C15H23NO3. The van der Waals surface area contributed by atoms with Gasteiger partial charge in [0.1, 0.15) is 0 Å². The summed E-state index contributed by atoms with van der Waals surface area (Å²) >= 11 is 0. The molecule has 1 aromatic carbocycles. The Morgan fingerprint density at radius 3 is 2.74 bits per heavy atom. The largest absolute Gasteiger partial charge is 0.371 e. The maximum Gasteiger partial charge on any atom is 0.169 e. The first-order chi connectivity index (χ1) is 9.24. The molecule has 0 spiro atoms. The fourth-order valence-corrected chi connectivity index (χ4v) is 2.46. The molecule has 0 unspecified atom stereocenters. The fourth-order valence-electron chi connectivity index (χ4n) is 2.46. The van der Waals surface area contributed by atoms with Crippen molar-refractivity contribution in [2.75, 3.05) is 40.5 Å². The summed E-state index contributed by atoms with van der Waals surface area (Å²) in [5.41, 5.74) is 2.56. The molecule has 1 saturated heterocycles. The van der Waals surface area contributed by atoms with Crippen molar-refractivity contribution in [1.29, 1.82) is 0 Å². The Kier molecular flexibility index (Phi) is 5.34. The molecule has 1 atom stereocenters. The van der Waals surface area contributed by atoms with Crippen LogP contribution in [0.15, 0.2) is 24.3 Å². The zero-order valence-electron chi connectivity index (χ0n) is 12.0. The van der Waals surface area contributed by atoms with Gasteiger partial charge in [0.15, 0.2) is 6.29 Å². The van der Waals surface area contributed by atoms with E-state index in [9.17, 15) is 0 Å². The molecule has 0 aromatic heterocycles. The maximum absolute atomic E-state index is 5.90. The first-order valence-electron chi connectivity index (χ1n) is 6.69. The van der Waals surface area contributed by atoms with E-state index >= 15 is 0 Å². The molecular weight excluding hydrogens is 242 g/mol. The van der Waals surface area contributed by atoms with E-state index in [-0.39, 0.29) is 12.4 Å². The van der Waals surface area contributed by atoms with E-state index in [0.717, 1.165) is 26.2 Å². The molecule has 0 amide bonds. The van der Waals surface area contributed by atoms with Gasteiger partial charge in [0, 0.05) is 33.9 Å². The highest BCUT2D eigenvalue weighted by Gasteiger charge is 2.24. The summed E-state index contributed by atoms with van der Waals surface area (Å²) in [7, 11) is 3.35. The van der Waals surface area contributed by atoms with Gasteiger partial charge in [-0.25, -0.2) is 0 Å². The van der Waals surface area contributed by atoms with Crippen LogP contribution < -0.4 is 0 Å². The van der Waals surface area contributed by atoms with Crippen LogP contribution in [-0.4, -0.2) is 51.7 Å². The molecule has 0 N–H and O–H groups in total. The average Bonchev–Trinajstić information content (AvgIpc) is 2.45. The minimum absolute atomic E-state index is 0.143. The number of methoxy groups -OCH3 is 2. The Hall–Kier alpha value is -0.940. The van der Waals surface area contributed by atoms with Gasteiger partial charge < -0.3 is 14.2 Å². The lowest BCUT2D eigenvalue weighted by atomic mass is 10.0. The molecule has 19 heavy (non-hydrogen) atoms. The zero-order valence-corrected chi connectivity index (χ0v) is 12.0. The Balaban J connectivity index is 1.99. The highest BCUT2D eigenvalue weighted by molar-refractivity contribution is 5.28. The van der Waals surface area contributed by atoms with Crippen molar-refractivity contribution >= 4 is 0 Å². The molecule has 1 aliphatic heterocycles. The monoisotopic (exact) mass is 265 g/mol. The van der Waals surface area contributed by atoms with Crippen molar-refractivity contribution < 1.29 is 14.2 Å². The van der Waals surface area contributed by atoms with Gasteiger partial charge in [0.25, 0.3) is 0 Å². The van der Waals surface area contributed by atoms with Crippen molar-refractivity contribution in [3.8, 4) is 0 Å². The van der Waals surface area contributed by atoms with Gasteiger partial charge in [-0.3, -0.25) is 4.90 Å². The second-order valence-corrected chi connectivity index (χ2v) is 4.88. The maximum atomic E-state index is 5.90. The summed E-state index contributed by atoms with van der Waals surface area (Å²) in [4.78, 5) is 2.33. The quantitative estimate of drug-likeness (QED) is 0.762. The van der Waals surface area contributed by atoms with E-state index in [0.29, 0.717) is 0 Å². The molecule has 1 heterocycles. The number of benzene rings is 1. The van der Waals surface area contributed by atoms with Crippen LogP contribution in [0.3, 0.4) is 0 Å². The normalized spacial score (nSPS) is 20.9. The Morgan fingerprint density at radius 2 is 2.05 bits per heavy atom. The molecule has 0 radical (unpaired) electrons. The van der Waals surface area contributed by atoms with Crippen LogP contribution in [0.2, 0.25) is 0 Å². The lowest BCUT2D eigenvalue weighted by Gasteiger charge is -2.35. The summed E-state index contributed by atoms with van der Waals surface area (Å²) in [6.45, 7) is 5.46. The van der Waals surface area contributed by atoms with Crippen molar-refractivity contribution in [3.63, 3.8) is 0 Å². The average molecular weight is 265 g/mol. The Bertz CT molecular complexity index is 393. The van der Waals surface area contributed by atoms with Gasteiger partial charge in [-0.1, -0.05) is 24.3 Å². The summed E-state index contributed by atoms with van der Waals surface area (Å²) in [5.74, 6) is 0. The molecule has 1 aromatic rings. The molecule has 2 rings (SSSR count). The second kappa shape index (κ2) is 7.01. The number of hydrogen-bond acceptors (Lipinski definition) is 4. The number of morpholine rings is 1. The lowest BCUT2D eigenvalue weighted by Crippen LogP contribution is -2.43. The first kappa shape index (κ1) is 14.5. The van der Waals surface area contributed by atoms with Crippen LogP contribution >= 0.6 is 0 Å². The van der Waals surface area contributed by atoms with Crippen LogP contribution in [0.5, 0.6) is 0 Å². The van der Waals surface area contributed by atoms with Gasteiger partial charge in [0.2, 0.25) is 0 Å². The number of ether oxygens (including phenoxy) is 3. The third kappa shape index (κ3) is 3.76. The van der Waals surface area contributed by atoms with E-state index in [1.54, 1.807) is 14.2 Å². The van der Waals surface area contributed by atoms with E-state index in [1.165, 1.54) is 11.1 Å². The minimum Gasteiger partial charge on any atom is -0.371 e. The third-order valence-electron chi connectivity index (χ3n) is 3.62. The third-order valence-corrected chi connectivity index (χ3v) is 3.62. The van der Waals surface area contributed by atoms with Crippen molar-refractivity contribution in [1.82, 2.24) is 4.90 Å². The van der Waals surface area contributed by atoms with Gasteiger partial charge in [-0.15, -0.1) is 0 Å². The summed E-state index contributed by atoms with van der Waals surface area (Å²) in [6.07, 6.45) is -0.0278. The second-order valence-electron chi connectivity index (χ2n) is 4.88. The van der Waals surface area contributed by atoms with Crippen molar-refractivity contribution in [2.45, 2.75) is 19.3 Å². The van der Waals surface area contributed by atoms with E-state index < -0.39 is 0 Å². The van der Waals surface area contributed by atoms with Gasteiger partial charge in [-0.2, -0.15) is 0 Å². The van der Waals surface area contributed by atoms with E-state index in [2.05, 4.69) is 36.1 Å². The minimum atomic E-state index is -0.171. The molecule has 4 heteroatoms. The highest BCUT2D eigenvalue weighted by atomic mass is 16.7. The van der Waals surface area contributed by atoms with Crippen LogP contribution in [-0.2, 0) is 14.2 Å². The molecule has 4 nitrogen and oxygen atoms in total. The number of nitrogens with zero attached hydrogens (tertiary/aromatic N) is 1. The van der Waals surface area contributed by atoms with E-state index in [1.807, 2.05) is 0 Å². The Labute approximate surface area is 115 Å². The van der Waals surface area contributed by atoms with E-state index in [4.69, 9.17) is 14.2 Å². The predicted octanol–water partition coefficient (Wildman–Crippen LogP) is 1.99. The molecule has 0 aliphatic carbocycles. The first-order valence-corrected chi connectivity index (χ1v) is 6.69. The van der Waals surface area contributed by atoms with Crippen molar-refractivity contribution in [2.24, 2.45) is 0 Å². The topological polar surface area (TPSA) is 30.9 Å². The summed E-state index contributed by atoms with van der Waals surface area (Å²) in [6, 6.07) is 8.40. The van der Waals surface area contributed by atoms with Crippen molar-refractivity contribution in [3.05, 3.63) is 35.4 Å². The standard InChI is InChI=1S/C15H23NO3/c1-12-6-4-5-7-13(12)14-10-16(8-9-19-14)11-15(17-2)18-3/h4-7,14-15H,8-11H2,1-3H3/t14-/m0/s1. The molecule has 0 bridgehead atoms. The molecule has 106 valence electrons. The molecule has 1 fully saturated rings. The zero-order chi connectivity index (χ0) is 13.7. The lowest BCUT2D eigenvalue weighted by molar-refractivity contribution is -0.131. The number of aryl methyl sites for hydroxylation is 1. The fraction of sp³-hybridized carbons (Fsp3) is 0.600. The predicted molar refractivity (Wildman–Crippen MR) is 74.1 cm³/mol. The van der Waals surface area contributed by atoms with Gasteiger partial charge in [0.05, 0.1) is 12.7 Å². The highest BCUT2D eigenvalue weighted by Crippen LogP contribution is 2.25.